The van der Waals surface area contributed by atoms with Gasteiger partial charge in [-0.3, -0.25) is 4.98 Å². The third-order valence-corrected chi connectivity index (χ3v) is 2.50. The van der Waals surface area contributed by atoms with E-state index in [9.17, 15) is 0 Å². The summed E-state index contributed by atoms with van der Waals surface area (Å²) in [6.07, 6.45) is 1.85. The Balaban J connectivity index is 2.59. The van der Waals surface area contributed by atoms with Crippen molar-refractivity contribution in [3.8, 4) is 11.3 Å². The van der Waals surface area contributed by atoms with Gasteiger partial charge in [-0.2, -0.15) is 0 Å². The van der Waals surface area contributed by atoms with Gasteiger partial charge >= 0.3 is 0 Å². The molecule has 1 aromatic carbocycles. The predicted octanol–water partition coefficient (Wildman–Crippen LogP) is 3.67. The van der Waals surface area contributed by atoms with Crippen molar-refractivity contribution >= 4 is 0 Å². The first kappa shape index (κ1) is 9.91. The molecule has 0 bridgehead atoms. The van der Waals surface area contributed by atoms with Gasteiger partial charge in [0.05, 0.1) is 5.69 Å². The Labute approximate surface area is 90.8 Å². The maximum Gasteiger partial charge on any atom is 0.0731 e. The van der Waals surface area contributed by atoms with E-state index in [0.29, 0.717) is 0 Å². The lowest BCUT2D eigenvalue weighted by atomic mass is 10.0. The first-order valence-corrected chi connectivity index (χ1v) is 5.17. The van der Waals surface area contributed by atoms with E-state index in [-0.39, 0.29) is 0 Å². The topological polar surface area (TPSA) is 12.9 Å². The molecule has 0 aliphatic rings. The highest BCUT2D eigenvalue weighted by atomic mass is 14.7. The molecule has 0 atom stereocenters. The molecule has 0 N–H and O–H groups in total. The fraction of sp³-hybridized carbons (Fsp3) is 0.214. The van der Waals surface area contributed by atoms with Crippen molar-refractivity contribution in [2.24, 2.45) is 0 Å². The third kappa shape index (κ3) is 2.07. The molecule has 2 rings (SSSR count). The van der Waals surface area contributed by atoms with E-state index in [1.807, 2.05) is 12.3 Å². The van der Waals surface area contributed by atoms with Crippen LogP contribution >= 0.6 is 0 Å². The SMILES string of the molecule is Cc1cc(C)cc(-c2ncccc2C)c1. The lowest BCUT2D eigenvalue weighted by Crippen LogP contribution is -1.89. The quantitative estimate of drug-likeness (QED) is 0.679. The van der Waals surface area contributed by atoms with Crippen LogP contribution in [0.2, 0.25) is 0 Å². The molecule has 76 valence electrons. The number of rotatable bonds is 1. The zero-order valence-corrected chi connectivity index (χ0v) is 9.41. The zero-order chi connectivity index (χ0) is 10.8. The van der Waals surface area contributed by atoms with Crippen LogP contribution in [0.1, 0.15) is 16.7 Å². The van der Waals surface area contributed by atoms with Crippen LogP contribution in [0.5, 0.6) is 0 Å². The van der Waals surface area contributed by atoms with E-state index < -0.39 is 0 Å². The van der Waals surface area contributed by atoms with E-state index in [4.69, 9.17) is 0 Å². The molecular weight excluding hydrogens is 182 g/mol. The minimum absolute atomic E-state index is 1.09. The molecule has 1 aromatic heterocycles. The highest BCUT2D eigenvalue weighted by Crippen LogP contribution is 2.22. The molecule has 0 unspecified atom stereocenters. The van der Waals surface area contributed by atoms with E-state index in [1.54, 1.807) is 0 Å². The Morgan fingerprint density at radius 1 is 0.933 bits per heavy atom. The van der Waals surface area contributed by atoms with Crippen molar-refractivity contribution in [3.05, 3.63) is 53.2 Å². The van der Waals surface area contributed by atoms with Crippen LogP contribution in [0, 0.1) is 20.8 Å². The standard InChI is InChI=1S/C14H15N/c1-10-7-11(2)9-13(8-10)14-12(3)5-4-6-15-14/h4-9H,1-3H3. The van der Waals surface area contributed by atoms with Crippen LogP contribution in [0.4, 0.5) is 0 Å². The van der Waals surface area contributed by atoms with Gasteiger partial charge < -0.3 is 0 Å². The molecule has 1 heteroatoms. The second-order valence-electron chi connectivity index (χ2n) is 4.05. The summed E-state index contributed by atoms with van der Waals surface area (Å²) in [6.45, 7) is 6.34. The zero-order valence-electron chi connectivity index (χ0n) is 9.41. The molecule has 1 heterocycles. The highest BCUT2D eigenvalue weighted by molar-refractivity contribution is 5.64. The maximum atomic E-state index is 4.43. The second-order valence-corrected chi connectivity index (χ2v) is 4.05. The lowest BCUT2D eigenvalue weighted by Gasteiger charge is -2.06. The normalized spacial score (nSPS) is 10.3. The van der Waals surface area contributed by atoms with Gasteiger partial charge in [0, 0.05) is 11.8 Å². The fourth-order valence-corrected chi connectivity index (χ4v) is 1.90. The van der Waals surface area contributed by atoms with Crippen molar-refractivity contribution in [2.75, 3.05) is 0 Å². The minimum atomic E-state index is 1.09. The summed E-state index contributed by atoms with van der Waals surface area (Å²) in [5.74, 6) is 0. The van der Waals surface area contributed by atoms with Gasteiger partial charge in [-0.05, 0) is 44.5 Å². The van der Waals surface area contributed by atoms with Crippen LogP contribution in [0.15, 0.2) is 36.5 Å². The molecule has 0 amide bonds. The summed E-state index contributed by atoms with van der Waals surface area (Å²) in [5, 5.41) is 0. The molecule has 0 saturated heterocycles. The highest BCUT2D eigenvalue weighted by Gasteiger charge is 2.03. The minimum Gasteiger partial charge on any atom is -0.256 e. The number of nitrogens with zero attached hydrogens (tertiary/aromatic N) is 1. The summed E-state index contributed by atoms with van der Waals surface area (Å²) in [7, 11) is 0. The van der Waals surface area contributed by atoms with Crippen molar-refractivity contribution in [2.45, 2.75) is 20.8 Å². The van der Waals surface area contributed by atoms with E-state index in [2.05, 4.69) is 50.0 Å². The molecule has 0 spiro atoms. The Morgan fingerprint density at radius 3 is 2.20 bits per heavy atom. The van der Waals surface area contributed by atoms with E-state index in [0.717, 1.165) is 5.69 Å². The van der Waals surface area contributed by atoms with E-state index in [1.165, 1.54) is 22.3 Å². The van der Waals surface area contributed by atoms with E-state index >= 15 is 0 Å². The number of pyridine rings is 1. The first-order valence-electron chi connectivity index (χ1n) is 5.17. The number of benzene rings is 1. The number of aromatic nitrogens is 1. The molecule has 0 aliphatic heterocycles. The third-order valence-electron chi connectivity index (χ3n) is 2.50. The summed E-state index contributed by atoms with van der Waals surface area (Å²) in [6, 6.07) is 10.6. The fourth-order valence-electron chi connectivity index (χ4n) is 1.90. The molecule has 0 radical (unpaired) electrons. The average Bonchev–Trinajstić information content (AvgIpc) is 2.16. The first-order chi connectivity index (χ1) is 7.16. The smallest absolute Gasteiger partial charge is 0.0731 e. The van der Waals surface area contributed by atoms with Crippen LogP contribution in [-0.2, 0) is 0 Å². The molecule has 0 saturated carbocycles. The van der Waals surface area contributed by atoms with Crippen LogP contribution in [0.25, 0.3) is 11.3 Å². The number of hydrogen-bond donors (Lipinski definition) is 0. The summed E-state index contributed by atoms with van der Waals surface area (Å²) in [4.78, 5) is 4.43. The Kier molecular flexibility index (Phi) is 2.55. The number of hydrogen-bond acceptors (Lipinski definition) is 1. The average molecular weight is 197 g/mol. The van der Waals surface area contributed by atoms with Crippen LogP contribution < -0.4 is 0 Å². The van der Waals surface area contributed by atoms with Gasteiger partial charge in [-0.25, -0.2) is 0 Å². The van der Waals surface area contributed by atoms with Gasteiger partial charge in [0.1, 0.15) is 0 Å². The van der Waals surface area contributed by atoms with Crippen LogP contribution in [0.3, 0.4) is 0 Å². The Bertz CT molecular complexity index is 466. The van der Waals surface area contributed by atoms with Crippen LogP contribution in [-0.4, -0.2) is 4.98 Å². The second kappa shape index (κ2) is 3.85. The van der Waals surface area contributed by atoms with Gasteiger partial charge in [-0.1, -0.05) is 23.3 Å². The molecule has 1 nitrogen and oxygen atoms in total. The largest absolute Gasteiger partial charge is 0.256 e. The van der Waals surface area contributed by atoms with Crippen molar-refractivity contribution in [1.29, 1.82) is 0 Å². The lowest BCUT2D eigenvalue weighted by molar-refractivity contribution is 1.26. The maximum absolute atomic E-state index is 4.43. The van der Waals surface area contributed by atoms with Crippen molar-refractivity contribution in [3.63, 3.8) is 0 Å². The van der Waals surface area contributed by atoms with Gasteiger partial charge in [0.2, 0.25) is 0 Å². The Morgan fingerprint density at radius 2 is 1.60 bits per heavy atom. The summed E-state index contributed by atoms with van der Waals surface area (Å²) < 4.78 is 0. The molecule has 15 heavy (non-hydrogen) atoms. The Hall–Kier alpha value is -1.63. The predicted molar refractivity (Wildman–Crippen MR) is 63.9 cm³/mol. The molecule has 0 fully saturated rings. The molecule has 0 aliphatic carbocycles. The summed E-state index contributed by atoms with van der Waals surface area (Å²) in [5.41, 5.74) is 6.10. The van der Waals surface area contributed by atoms with Crippen molar-refractivity contribution in [1.82, 2.24) is 4.98 Å². The number of aryl methyl sites for hydroxylation is 3. The monoisotopic (exact) mass is 197 g/mol. The molecule has 2 aromatic rings. The summed E-state index contributed by atoms with van der Waals surface area (Å²) >= 11 is 0. The van der Waals surface area contributed by atoms with Crippen molar-refractivity contribution < 1.29 is 0 Å². The van der Waals surface area contributed by atoms with Gasteiger partial charge in [0.25, 0.3) is 0 Å². The van der Waals surface area contributed by atoms with Gasteiger partial charge in [0.15, 0.2) is 0 Å². The van der Waals surface area contributed by atoms with Gasteiger partial charge in [-0.15, -0.1) is 0 Å². The molecular formula is C14H15N.